The fraction of sp³-hybridized carbons (Fsp3) is 0.692. The molecule has 0 amide bonds. The van der Waals surface area contributed by atoms with Gasteiger partial charge in [0.15, 0.2) is 0 Å². The first-order chi connectivity index (χ1) is 8.19. The number of nitrogens with two attached hydrogens (primary N) is 1. The van der Waals surface area contributed by atoms with Crippen LogP contribution in [0.15, 0.2) is 6.07 Å². The number of hydrogen-bond donors (Lipinski definition) is 2. The van der Waals surface area contributed by atoms with Gasteiger partial charge in [-0.05, 0) is 45.2 Å². The predicted octanol–water partition coefficient (Wildman–Crippen LogP) is 2.02. The van der Waals surface area contributed by atoms with Gasteiger partial charge >= 0.3 is 0 Å². The van der Waals surface area contributed by atoms with Gasteiger partial charge in [0.1, 0.15) is 0 Å². The Morgan fingerprint density at radius 3 is 2.53 bits per heavy atom. The van der Waals surface area contributed by atoms with E-state index in [0.717, 1.165) is 23.9 Å². The Labute approximate surface area is 103 Å². The molecule has 2 rings (SSSR count). The van der Waals surface area contributed by atoms with Crippen molar-refractivity contribution >= 4 is 5.95 Å². The van der Waals surface area contributed by atoms with E-state index in [0.29, 0.717) is 12.0 Å². The van der Waals surface area contributed by atoms with E-state index in [9.17, 15) is 0 Å². The predicted molar refractivity (Wildman–Crippen MR) is 69.9 cm³/mol. The zero-order chi connectivity index (χ0) is 12.3. The smallest absolute Gasteiger partial charge is 0.223 e. The zero-order valence-electron chi connectivity index (χ0n) is 10.7. The summed E-state index contributed by atoms with van der Waals surface area (Å²) < 4.78 is 0. The van der Waals surface area contributed by atoms with Crippen molar-refractivity contribution in [2.75, 3.05) is 11.9 Å². The average molecular weight is 234 g/mol. The Morgan fingerprint density at radius 1 is 1.24 bits per heavy atom. The van der Waals surface area contributed by atoms with E-state index in [2.05, 4.69) is 15.3 Å². The lowest BCUT2D eigenvalue weighted by molar-refractivity contribution is 0.331. The number of nitrogens with one attached hydrogen (secondary N) is 1. The van der Waals surface area contributed by atoms with E-state index in [1.54, 1.807) is 0 Å². The van der Waals surface area contributed by atoms with Crippen LogP contribution in [0.4, 0.5) is 5.95 Å². The Hall–Kier alpha value is -1.16. The molecular formula is C13H22N4. The molecule has 0 bridgehead atoms. The highest BCUT2D eigenvalue weighted by Gasteiger charge is 2.24. The van der Waals surface area contributed by atoms with Crippen molar-refractivity contribution in [1.29, 1.82) is 0 Å². The van der Waals surface area contributed by atoms with Gasteiger partial charge in [-0.15, -0.1) is 0 Å². The zero-order valence-corrected chi connectivity index (χ0v) is 10.7. The minimum atomic E-state index is 0.440. The van der Waals surface area contributed by atoms with E-state index in [4.69, 9.17) is 5.73 Å². The van der Waals surface area contributed by atoms with Crippen molar-refractivity contribution < 1.29 is 0 Å². The van der Waals surface area contributed by atoms with Crippen LogP contribution < -0.4 is 11.1 Å². The summed E-state index contributed by atoms with van der Waals surface area (Å²) in [6.45, 7) is 4.75. The van der Waals surface area contributed by atoms with Crippen LogP contribution in [0.2, 0.25) is 0 Å². The SMILES string of the molecule is Cc1cc(C)nc(NC2CCCCC2CN)n1. The average Bonchev–Trinajstić information content (AvgIpc) is 2.28. The summed E-state index contributed by atoms with van der Waals surface area (Å²) >= 11 is 0. The van der Waals surface area contributed by atoms with Crippen LogP contribution >= 0.6 is 0 Å². The standard InChI is InChI=1S/C13H22N4/c1-9-7-10(2)16-13(15-9)17-12-6-4-3-5-11(12)8-14/h7,11-12H,3-6,8,14H2,1-2H3,(H,15,16,17). The van der Waals surface area contributed by atoms with Gasteiger partial charge in [0.2, 0.25) is 5.95 Å². The van der Waals surface area contributed by atoms with Gasteiger partial charge in [-0.3, -0.25) is 0 Å². The highest BCUT2D eigenvalue weighted by Crippen LogP contribution is 2.25. The second kappa shape index (κ2) is 5.45. The third-order valence-corrected chi connectivity index (χ3v) is 3.51. The molecule has 4 nitrogen and oxygen atoms in total. The van der Waals surface area contributed by atoms with Gasteiger partial charge in [0, 0.05) is 17.4 Å². The van der Waals surface area contributed by atoms with E-state index in [1.165, 1.54) is 25.7 Å². The van der Waals surface area contributed by atoms with E-state index in [1.807, 2.05) is 19.9 Å². The summed E-state index contributed by atoms with van der Waals surface area (Å²) in [5.41, 5.74) is 7.85. The Balaban J connectivity index is 2.08. The normalized spacial score (nSPS) is 24.6. The second-order valence-corrected chi connectivity index (χ2v) is 5.01. The molecule has 3 N–H and O–H groups in total. The number of aryl methyl sites for hydroxylation is 2. The fourth-order valence-corrected chi connectivity index (χ4v) is 2.64. The lowest BCUT2D eigenvalue weighted by Crippen LogP contribution is -2.37. The minimum Gasteiger partial charge on any atom is -0.351 e. The fourth-order valence-electron chi connectivity index (χ4n) is 2.64. The van der Waals surface area contributed by atoms with Gasteiger partial charge in [-0.1, -0.05) is 12.8 Å². The largest absolute Gasteiger partial charge is 0.351 e. The van der Waals surface area contributed by atoms with Crippen molar-refractivity contribution in [2.45, 2.75) is 45.6 Å². The van der Waals surface area contributed by atoms with Gasteiger partial charge in [0.05, 0.1) is 0 Å². The molecular weight excluding hydrogens is 212 g/mol. The molecule has 0 aliphatic heterocycles. The van der Waals surface area contributed by atoms with Crippen molar-refractivity contribution in [3.05, 3.63) is 17.5 Å². The van der Waals surface area contributed by atoms with Gasteiger partial charge in [-0.25, -0.2) is 9.97 Å². The third kappa shape index (κ3) is 3.16. The molecule has 2 atom stereocenters. The lowest BCUT2D eigenvalue weighted by Gasteiger charge is -2.31. The summed E-state index contributed by atoms with van der Waals surface area (Å²) in [5, 5.41) is 3.46. The van der Waals surface area contributed by atoms with Crippen LogP contribution in [0.25, 0.3) is 0 Å². The first-order valence-corrected chi connectivity index (χ1v) is 6.48. The maximum absolute atomic E-state index is 5.83. The first kappa shape index (κ1) is 12.3. The summed E-state index contributed by atoms with van der Waals surface area (Å²) in [7, 11) is 0. The molecule has 0 radical (unpaired) electrons. The molecule has 2 unspecified atom stereocenters. The number of hydrogen-bond acceptors (Lipinski definition) is 4. The van der Waals surface area contributed by atoms with Crippen molar-refractivity contribution in [2.24, 2.45) is 11.7 Å². The first-order valence-electron chi connectivity index (χ1n) is 6.48. The van der Waals surface area contributed by atoms with Crippen molar-refractivity contribution in [1.82, 2.24) is 9.97 Å². The van der Waals surface area contributed by atoms with Gasteiger partial charge in [0.25, 0.3) is 0 Å². The molecule has 17 heavy (non-hydrogen) atoms. The molecule has 1 fully saturated rings. The van der Waals surface area contributed by atoms with Crippen LogP contribution in [0.3, 0.4) is 0 Å². The van der Waals surface area contributed by atoms with Gasteiger partial charge < -0.3 is 11.1 Å². The quantitative estimate of drug-likeness (QED) is 0.840. The van der Waals surface area contributed by atoms with Crippen LogP contribution in [-0.4, -0.2) is 22.6 Å². The molecule has 1 aliphatic rings. The molecule has 1 aliphatic carbocycles. The highest BCUT2D eigenvalue weighted by molar-refractivity contribution is 5.29. The van der Waals surface area contributed by atoms with Crippen molar-refractivity contribution in [3.8, 4) is 0 Å². The Morgan fingerprint density at radius 2 is 1.88 bits per heavy atom. The third-order valence-electron chi connectivity index (χ3n) is 3.51. The molecule has 1 heterocycles. The number of rotatable bonds is 3. The molecule has 0 spiro atoms. The molecule has 1 aromatic heterocycles. The topological polar surface area (TPSA) is 63.8 Å². The van der Waals surface area contributed by atoms with Crippen LogP contribution in [-0.2, 0) is 0 Å². The number of anilines is 1. The van der Waals surface area contributed by atoms with E-state index >= 15 is 0 Å². The second-order valence-electron chi connectivity index (χ2n) is 5.01. The molecule has 94 valence electrons. The van der Waals surface area contributed by atoms with Crippen LogP contribution in [0.1, 0.15) is 37.1 Å². The summed E-state index contributed by atoms with van der Waals surface area (Å²) in [6.07, 6.45) is 4.98. The summed E-state index contributed by atoms with van der Waals surface area (Å²) in [6, 6.07) is 2.43. The number of nitrogens with zero attached hydrogens (tertiary/aromatic N) is 2. The molecule has 0 saturated heterocycles. The Bertz CT molecular complexity index is 357. The maximum Gasteiger partial charge on any atom is 0.223 e. The van der Waals surface area contributed by atoms with E-state index in [-0.39, 0.29) is 0 Å². The van der Waals surface area contributed by atoms with E-state index < -0.39 is 0 Å². The molecule has 1 aromatic rings. The van der Waals surface area contributed by atoms with Crippen molar-refractivity contribution in [3.63, 3.8) is 0 Å². The van der Waals surface area contributed by atoms with Crippen LogP contribution in [0.5, 0.6) is 0 Å². The molecule has 4 heteroatoms. The lowest BCUT2D eigenvalue weighted by atomic mass is 9.84. The monoisotopic (exact) mass is 234 g/mol. The van der Waals surface area contributed by atoms with Crippen LogP contribution in [0, 0.1) is 19.8 Å². The molecule has 0 aromatic carbocycles. The highest BCUT2D eigenvalue weighted by atomic mass is 15.1. The Kier molecular flexibility index (Phi) is 3.94. The minimum absolute atomic E-state index is 0.440. The summed E-state index contributed by atoms with van der Waals surface area (Å²) in [4.78, 5) is 8.87. The summed E-state index contributed by atoms with van der Waals surface area (Å²) in [5.74, 6) is 1.32. The molecule has 1 saturated carbocycles. The maximum atomic E-state index is 5.83. The number of aromatic nitrogens is 2. The van der Waals surface area contributed by atoms with Gasteiger partial charge in [-0.2, -0.15) is 0 Å².